The number of hydrogen-bond donors (Lipinski definition) is 2. The quantitative estimate of drug-likeness (QED) is 0.863. The Balaban J connectivity index is 2.51. The van der Waals surface area contributed by atoms with E-state index in [-0.39, 0.29) is 12.1 Å². The van der Waals surface area contributed by atoms with Gasteiger partial charge in [0.25, 0.3) is 5.56 Å². The lowest BCUT2D eigenvalue weighted by Gasteiger charge is -2.09. The van der Waals surface area contributed by atoms with Crippen molar-refractivity contribution in [3.05, 3.63) is 39.4 Å². The molecule has 0 saturated heterocycles. The number of benzene rings is 1. The first-order chi connectivity index (χ1) is 8.49. The SMILES string of the molecule is NC(Cn1cnc2ccc(Br)cc2c1=O)C(=O)O. The third-order valence-corrected chi connectivity index (χ3v) is 2.99. The lowest BCUT2D eigenvalue weighted by atomic mass is 10.2. The molecule has 18 heavy (non-hydrogen) atoms. The summed E-state index contributed by atoms with van der Waals surface area (Å²) in [7, 11) is 0. The molecule has 3 N–H and O–H groups in total. The lowest BCUT2D eigenvalue weighted by molar-refractivity contribution is -0.138. The van der Waals surface area contributed by atoms with Gasteiger partial charge in [-0.2, -0.15) is 0 Å². The van der Waals surface area contributed by atoms with Gasteiger partial charge in [0, 0.05) is 4.47 Å². The molecule has 0 aliphatic carbocycles. The standard InChI is InChI=1S/C11H10BrN3O3/c12-6-1-2-9-7(3-6)10(16)15(5-14-9)4-8(13)11(17)18/h1-3,5,8H,4,13H2,(H,17,18). The second-order valence-electron chi connectivity index (χ2n) is 3.81. The summed E-state index contributed by atoms with van der Waals surface area (Å²) in [5.41, 5.74) is 5.65. The summed E-state index contributed by atoms with van der Waals surface area (Å²) >= 11 is 3.27. The van der Waals surface area contributed by atoms with Crippen LogP contribution < -0.4 is 11.3 Å². The largest absolute Gasteiger partial charge is 0.480 e. The summed E-state index contributed by atoms with van der Waals surface area (Å²) < 4.78 is 1.96. The molecule has 2 rings (SSSR count). The Morgan fingerprint density at radius 3 is 2.94 bits per heavy atom. The Hall–Kier alpha value is -1.73. The molecule has 1 aromatic carbocycles. The van der Waals surface area contributed by atoms with Crippen molar-refractivity contribution in [2.24, 2.45) is 5.73 Å². The fraction of sp³-hybridized carbons (Fsp3) is 0.182. The zero-order chi connectivity index (χ0) is 13.3. The molecule has 7 heteroatoms. The average Bonchev–Trinajstić information content (AvgIpc) is 2.33. The van der Waals surface area contributed by atoms with Crippen molar-refractivity contribution in [3.63, 3.8) is 0 Å². The Morgan fingerprint density at radius 1 is 1.56 bits per heavy atom. The van der Waals surface area contributed by atoms with Crippen LogP contribution in [0.3, 0.4) is 0 Å². The first kappa shape index (κ1) is 12.7. The molecule has 1 aromatic heterocycles. The number of fused-ring (bicyclic) bond motifs is 1. The van der Waals surface area contributed by atoms with Crippen LogP contribution in [-0.2, 0) is 11.3 Å². The minimum Gasteiger partial charge on any atom is -0.480 e. The number of rotatable bonds is 3. The normalized spacial score (nSPS) is 12.6. The maximum atomic E-state index is 12.1. The van der Waals surface area contributed by atoms with Gasteiger partial charge in [-0.1, -0.05) is 15.9 Å². The summed E-state index contributed by atoms with van der Waals surface area (Å²) in [6, 6.07) is 4.01. The molecule has 1 heterocycles. The van der Waals surface area contributed by atoms with Crippen molar-refractivity contribution in [2.75, 3.05) is 0 Å². The van der Waals surface area contributed by atoms with Crippen LogP contribution in [0.15, 0.2) is 33.8 Å². The predicted molar refractivity (Wildman–Crippen MR) is 69.3 cm³/mol. The van der Waals surface area contributed by atoms with Crippen molar-refractivity contribution < 1.29 is 9.90 Å². The zero-order valence-electron chi connectivity index (χ0n) is 9.21. The molecule has 0 aliphatic rings. The van der Waals surface area contributed by atoms with Gasteiger partial charge in [0.2, 0.25) is 0 Å². The minimum absolute atomic E-state index is 0.108. The maximum absolute atomic E-state index is 12.1. The molecule has 0 aliphatic heterocycles. The van der Waals surface area contributed by atoms with Crippen molar-refractivity contribution >= 4 is 32.8 Å². The summed E-state index contributed by atoms with van der Waals surface area (Å²) in [4.78, 5) is 26.8. The van der Waals surface area contributed by atoms with E-state index >= 15 is 0 Å². The van der Waals surface area contributed by atoms with Gasteiger partial charge >= 0.3 is 5.97 Å². The molecule has 0 fully saturated rings. The highest BCUT2D eigenvalue weighted by atomic mass is 79.9. The van der Waals surface area contributed by atoms with E-state index in [0.717, 1.165) is 4.47 Å². The zero-order valence-corrected chi connectivity index (χ0v) is 10.8. The average molecular weight is 312 g/mol. The first-order valence-corrected chi connectivity index (χ1v) is 5.91. The van der Waals surface area contributed by atoms with Gasteiger partial charge in [-0.05, 0) is 18.2 Å². The van der Waals surface area contributed by atoms with Crippen LogP contribution in [0.25, 0.3) is 10.9 Å². The highest BCUT2D eigenvalue weighted by Crippen LogP contribution is 2.14. The van der Waals surface area contributed by atoms with E-state index in [1.54, 1.807) is 18.2 Å². The van der Waals surface area contributed by atoms with Crippen LogP contribution in [-0.4, -0.2) is 26.7 Å². The fourth-order valence-corrected chi connectivity index (χ4v) is 1.91. The van der Waals surface area contributed by atoms with Crippen LogP contribution in [0.4, 0.5) is 0 Å². The Labute approximate surface area is 110 Å². The molecule has 94 valence electrons. The molecule has 0 radical (unpaired) electrons. The number of aliphatic carboxylic acids is 1. The van der Waals surface area contributed by atoms with Gasteiger partial charge in [0.15, 0.2) is 0 Å². The van der Waals surface area contributed by atoms with Gasteiger partial charge in [-0.15, -0.1) is 0 Å². The topological polar surface area (TPSA) is 98.2 Å². The Morgan fingerprint density at radius 2 is 2.28 bits per heavy atom. The van der Waals surface area contributed by atoms with Gasteiger partial charge in [-0.25, -0.2) is 4.98 Å². The van der Waals surface area contributed by atoms with E-state index in [1.165, 1.54) is 10.9 Å². The first-order valence-electron chi connectivity index (χ1n) is 5.12. The molecule has 1 unspecified atom stereocenters. The smallest absolute Gasteiger partial charge is 0.322 e. The van der Waals surface area contributed by atoms with Crippen LogP contribution >= 0.6 is 15.9 Å². The van der Waals surface area contributed by atoms with E-state index < -0.39 is 12.0 Å². The molecule has 0 saturated carbocycles. The maximum Gasteiger partial charge on any atom is 0.322 e. The van der Waals surface area contributed by atoms with E-state index in [1.807, 2.05) is 0 Å². The molecular weight excluding hydrogens is 302 g/mol. The number of nitrogens with two attached hydrogens (primary N) is 1. The van der Waals surface area contributed by atoms with Gasteiger partial charge in [0.1, 0.15) is 6.04 Å². The van der Waals surface area contributed by atoms with Crippen LogP contribution in [0, 0.1) is 0 Å². The predicted octanol–water partition coefficient (Wildman–Crippen LogP) is 0.571. The number of hydrogen-bond acceptors (Lipinski definition) is 4. The van der Waals surface area contributed by atoms with E-state index in [9.17, 15) is 9.59 Å². The van der Waals surface area contributed by atoms with Gasteiger partial charge < -0.3 is 10.8 Å². The second kappa shape index (κ2) is 4.87. The molecule has 1 atom stereocenters. The molecule has 0 spiro atoms. The monoisotopic (exact) mass is 311 g/mol. The number of carboxylic acids is 1. The van der Waals surface area contributed by atoms with Crippen LogP contribution in [0.2, 0.25) is 0 Å². The number of aromatic nitrogens is 2. The molecule has 0 amide bonds. The third-order valence-electron chi connectivity index (χ3n) is 2.50. The summed E-state index contributed by atoms with van der Waals surface area (Å²) in [6.45, 7) is -0.108. The summed E-state index contributed by atoms with van der Waals surface area (Å²) in [5, 5.41) is 9.14. The molecule has 6 nitrogen and oxygen atoms in total. The van der Waals surface area contributed by atoms with Crippen LogP contribution in [0.1, 0.15) is 0 Å². The lowest BCUT2D eigenvalue weighted by Crippen LogP contribution is -2.38. The summed E-state index contributed by atoms with van der Waals surface area (Å²) in [5.74, 6) is -1.16. The third kappa shape index (κ3) is 2.41. The molecule has 2 aromatic rings. The van der Waals surface area contributed by atoms with Gasteiger partial charge in [-0.3, -0.25) is 14.2 Å². The molecular formula is C11H10BrN3O3. The highest BCUT2D eigenvalue weighted by molar-refractivity contribution is 9.10. The number of carbonyl (C=O) groups is 1. The molecule has 0 bridgehead atoms. The van der Waals surface area contributed by atoms with E-state index in [4.69, 9.17) is 10.8 Å². The van der Waals surface area contributed by atoms with Crippen molar-refractivity contribution in [2.45, 2.75) is 12.6 Å². The Bertz CT molecular complexity index is 668. The summed E-state index contributed by atoms with van der Waals surface area (Å²) in [6.07, 6.45) is 1.31. The van der Waals surface area contributed by atoms with E-state index in [0.29, 0.717) is 10.9 Å². The fourth-order valence-electron chi connectivity index (χ4n) is 1.55. The highest BCUT2D eigenvalue weighted by Gasteiger charge is 2.14. The minimum atomic E-state index is -1.16. The van der Waals surface area contributed by atoms with Crippen molar-refractivity contribution in [3.8, 4) is 0 Å². The second-order valence-corrected chi connectivity index (χ2v) is 4.72. The van der Waals surface area contributed by atoms with Crippen molar-refractivity contribution in [1.82, 2.24) is 9.55 Å². The number of nitrogens with zero attached hydrogens (tertiary/aromatic N) is 2. The van der Waals surface area contributed by atoms with E-state index in [2.05, 4.69) is 20.9 Å². The van der Waals surface area contributed by atoms with Crippen molar-refractivity contribution in [1.29, 1.82) is 0 Å². The van der Waals surface area contributed by atoms with Crippen LogP contribution in [0.5, 0.6) is 0 Å². The number of halogens is 1. The Kier molecular flexibility index (Phi) is 3.44. The van der Waals surface area contributed by atoms with Gasteiger partial charge in [0.05, 0.1) is 23.8 Å². The number of carboxylic acid groups (broad SMARTS) is 1.